The van der Waals surface area contributed by atoms with E-state index >= 15 is 0 Å². The number of nitrogens with one attached hydrogen (secondary N) is 2. The molecule has 3 fully saturated rings. The molecule has 3 aromatic rings. The number of benzene rings is 2. The van der Waals surface area contributed by atoms with E-state index in [2.05, 4.69) is 49.4 Å². The zero-order valence-electron chi connectivity index (χ0n) is 33.9. The fourth-order valence-corrected chi connectivity index (χ4v) is 8.54. The number of hydrogen-bond acceptors (Lipinski definition) is 8. The van der Waals surface area contributed by atoms with Gasteiger partial charge >= 0.3 is 0 Å². The molecule has 2 atom stereocenters. The molecule has 0 radical (unpaired) electrons. The highest BCUT2D eigenvalue weighted by Gasteiger charge is 2.39. The summed E-state index contributed by atoms with van der Waals surface area (Å²) in [4.78, 5) is 75.1. The van der Waals surface area contributed by atoms with Crippen LogP contribution in [0.3, 0.4) is 0 Å². The van der Waals surface area contributed by atoms with Gasteiger partial charge in [-0.3, -0.25) is 39.2 Å². The quantitative estimate of drug-likeness (QED) is 0.0947. The molecule has 3 saturated heterocycles. The Kier molecular flexibility index (Phi) is 14.2. The van der Waals surface area contributed by atoms with Gasteiger partial charge in [-0.2, -0.15) is 0 Å². The number of amides is 5. The van der Waals surface area contributed by atoms with Crippen LogP contribution in [0.5, 0.6) is 0 Å². The second-order valence-electron chi connectivity index (χ2n) is 16.0. The molecule has 1 aromatic heterocycles. The standard InChI is InChI=1S/C47H55N7O5/c55-43(21-15-35-11-9-24-48-32-35)49-25-6-5-10-36-23-27-53(33-36)46(58)38-16-18-39(19-17-38)52-30-28-51(29-31-52)26-7-3-1-2-4-12-37-13-8-14-40-41(37)34-54(47(40)59)42-20-22-44(56)50-45(42)57/h8-9,11,13-19,21,24,32,36,42H,1-3,5-7,10,20,22-23,25-31,33-34H2,(H,49,55)(H,50,56,57)/b21-15+. The van der Waals surface area contributed by atoms with E-state index in [1.54, 1.807) is 35.5 Å². The Labute approximate surface area is 347 Å². The molecule has 0 bridgehead atoms. The normalized spacial score (nSPS) is 19.5. The zero-order valence-corrected chi connectivity index (χ0v) is 33.9. The highest BCUT2D eigenvalue weighted by atomic mass is 16.2. The van der Waals surface area contributed by atoms with E-state index in [9.17, 15) is 24.0 Å². The number of carbonyl (C=O) groups is 5. The lowest BCUT2D eigenvalue weighted by molar-refractivity contribution is -0.137. The number of carbonyl (C=O) groups excluding carboxylic acids is 5. The topological polar surface area (TPSA) is 135 Å². The van der Waals surface area contributed by atoms with Crippen molar-refractivity contribution in [3.8, 4) is 11.8 Å². The van der Waals surface area contributed by atoms with Gasteiger partial charge in [0.05, 0.1) is 0 Å². The number of piperidine rings is 1. The average Bonchev–Trinajstić information content (AvgIpc) is 3.87. The number of anilines is 1. The van der Waals surface area contributed by atoms with Crippen LogP contribution in [0.4, 0.5) is 5.69 Å². The number of aromatic nitrogens is 1. The fourth-order valence-electron chi connectivity index (χ4n) is 8.54. The summed E-state index contributed by atoms with van der Waals surface area (Å²) in [5.41, 5.74) is 5.10. The summed E-state index contributed by atoms with van der Waals surface area (Å²) in [5, 5.41) is 5.31. The lowest BCUT2D eigenvalue weighted by atomic mass is 10.0. The molecular weight excluding hydrogens is 743 g/mol. The minimum atomic E-state index is -0.625. The van der Waals surface area contributed by atoms with Gasteiger partial charge in [-0.25, -0.2) is 0 Å². The molecule has 2 aromatic carbocycles. The minimum absolute atomic E-state index is 0.0958. The Bertz CT molecular complexity index is 2070. The van der Waals surface area contributed by atoms with Gasteiger partial charge in [0.15, 0.2) is 0 Å². The number of imide groups is 1. The van der Waals surface area contributed by atoms with Crippen molar-refractivity contribution in [1.82, 2.24) is 30.3 Å². The van der Waals surface area contributed by atoms with Gasteiger partial charge < -0.3 is 20.0 Å². The minimum Gasteiger partial charge on any atom is -0.369 e. The first-order valence-corrected chi connectivity index (χ1v) is 21.3. The molecule has 0 aliphatic carbocycles. The summed E-state index contributed by atoms with van der Waals surface area (Å²) < 4.78 is 0. The summed E-state index contributed by atoms with van der Waals surface area (Å²) in [6.45, 7) is 7.59. The van der Waals surface area contributed by atoms with E-state index in [1.807, 2.05) is 41.3 Å². The first-order valence-electron chi connectivity index (χ1n) is 21.3. The van der Waals surface area contributed by atoms with E-state index < -0.39 is 11.9 Å². The number of rotatable bonds is 15. The molecule has 5 amide bonds. The second kappa shape index (κ2) is 20.3. The highest BCUT2D eigenvalue weighted by Crippen LogP contribution is 2.30. The van der Waals surface area contributed by atoms with Crippen LogP contribution in [0, 0.1) is 17.8 Å². The van der Waals surface area contributed by atoms with Crippen molar-refractivity contribution < 1.29 is 24.0 Å². The molecule has 4 aliphatic heterocycles. The van der Waals surface area contributed by atoms with Crippen molar-refractivity contribution in [2.24, 2.45) is 5.92 Å². The number of hydrogen-bond donors (Lipinski definition) is 2. The number of pyridine rings is 1. The van der Waals surface area contributed by atoms with Crippen molar-refractivity contribution in [3.63, 3.8) is 0 Å². The van der Waals surface area contributed by atoms with Crippen LogP contribution in [0.25, 0.3) is 6.08 Å². The first-order chi connectivity index (χ1) is 28.8. The van der Waals surface area contributed by atoms with Crippen LogP contribution in [-0.4, -0.2) is 108 Å². The maximum absolute atomic E-state index is 13.3. The molecule has 59 heavy (non-hydrogen) atoms. The molecule has 7 rings (SSSR count). The van der Waals surface area contributed by atoms with Crippen LogP contribution in [0.15, 0.2) is 73.1 Å². The largest absolute Gasteiger partial charge is 0.369 e. The predicted molar refractivity (Wildman–Crippen MR) is 227 cm³/mol. The Morgan fingerprint density at radius 3 is 2.54 bits per heavy atom. The fraction of sp³-hybridized carbons (Fsp3) is 0.447. The molecule has 308 valence electrons. The Morgan fingerprint density at radius 1 is 0.898 bits per heavy atom. The summed E-state index contributed by atoms with van der Waals surface area (Å²) in [6.07, 6.45) is 15.4. The van der Waals surface area contributed by atoms with Crippen LogP contribution < -0.4 is 15.5 Å². The lowest BCUT2D eigenvalue weighted by Gasteiger charge is -2.36. The number of unbranched alkanes of at least 4 members (excludes halogenated alkanes) is 4. The van der Waals surface area contributed by atoms with Crippen LogP contribution in [-0.2, 0) is 20.9 Å². The molecule has 2 unspecified atom stereocenters. The smallest absolute Gasteiger partial charge is 0.255 e. The van der Waals surface area contributed by atoms with Crippen molar-refractivity contribution in [2.45, 2.75) is 76.8 Å². The van der Waals surface area contributed by atoms with Crippen LogP contribution in [0.1, 0.15) is 102 Å². The second-order valence-corrected chi connectivity index (χ2v) is 16.0. The Hall–Kier alpha value is -5.80. The van der Waals surface area contributed by atoms with Crippen LogP contribution >= 0.6 is 0 Å². The third kappa shape index (κ3) is 11.0. The monoisotopic (exact) mass is 797 g/mol. The summed E-state index contributed by atoms with van der Waals surface area (Å²) in [7, 11) is 0. The molecule has 5 heterocycles. The van der Waals surface area contributed by atoms with Crippen molar-refractivity contribution in [1.29, 1.82) is 0 Å². The average molecular weight is 798 g/mol. The van der Waals surface area contributed by atoms with E-state index in [-0.39, 0.29) is 30.0 Å². The Balaban J connectivity index is 0.748. The first kappa shape index (κ1) is 41.4. The van der Waals surface area contributed by atoms with Crippen molar-refractivity contribution in [3.05, 3.63) is 101 Å². The van der Waals surface area contributed by atoms with Gasteiger partial charge in [0, 0.05) is 106 Å². The van der Waals surface area contributed by atoms with E-state index in [0.29, 0.717) is 31.0 Å². The molecule has 4 aliphatic rings. The third-order valence-electron chi connectivity index (χ3n) is 12.0. The lowest BCUT2D eigenvalue weighted by Crippen LogP contribution is -2.52. The summed E-state index contributed by atoms with van der Waals surface area (Å²) in [5.74, 6) is 6.24. The van der Waals surface area contributed by atoms with Crippen molar-refractivity contribution >= 4 is 41.3 Å². The number of likely N-dealkylation sites (tertiary alicyclic amines) is 1. The van der Waals surface area contributed by atoms with Gasteiger partial charge in [-0.15, -0.1) is 0 Å². The third-order valence-corrected chi connectivity index (χ3v) is 12.0. The van der Waals surface area contributed by atoms with E-state index in [0.717, 1.165) is 125 Å². The summed E-state index contributed by atoms with van der Waals surface area (Å²) in [6, 6.07) is 16.8. The molecule has 0 spiro atoms. The maximum atomic E-state index is 13.3. The van der Waals surface area contributed by atoms with Gasteiger partial charge in [0.2, 0.25) is 17.7 Å². The van der Waals surface area contributed by atoms with Gasteiger partial charge in [0.1, 0.15) is 6.04 Å². The molecule has 0 saturated carbocycles. The van der Waals surface area contributed by atoms with Gasteiger partial charge in [-0.05, 0) is 111 Å². The molecule has 12 heteroatoms. The summed E-state index contributed by atoms with van der Waals surface area (Å²) >= 11 is 0. The zero-order chi connectivity index (χ0) is 41.0. The highest BCUT2D eigenvalue weighted by molar-refractivity contribution is 6.05. The van der Waals surface area contributed by atoms with Gasteiger partial charge in [-0.1, -0.05) is 36.8 Å². The van der Waals surface area contributed by atoms with E-state index in [4.69, 9.17) is 0 Å². The molecular formula is C47H55N7O5. The predicted octanol–water partition coefficient (Wildman–Crippen LogP) is 5.04. The molecule has 2 N–H and O–H groups in total. The maximum Gasteiger partial charge on any atom is 0.255 e. The van der Waals surface area contributed by atoms with Crippen molar-refractivity contribution in [2.75, 3.05) is 57.3 Å². The molecule has 12 nitrogen and oxygen atoms in total. The number of nitrogens with zero attached hydrogens (tertiary/aromatic N) is 5. The number of fused-ring (bicyclic) bond motifs is 1. The van der Waals surface area contributed by atoms with Gasteiger partial charge in [0.25, 0.3) is 11.8 Å². The van der Waals surface area contributed by atoms with E-state index in [1.165, 1.54) is 0 Å². The SMILES string of the molecule is O=C(/C=C/c1cccnc1)NCCCCC1CCN(C(=O)c2ccc(N3CCN(CCCCCC#Cc4cccc5c4CN(C4CCC(=O)NC4=O)C5=O)CC3)cc2)C1. The van der Waals surface area contributed by atoms with Crippen LogP contribution in [0.2, 0.25) is 0 Å². The Morgan fingerprint density at radius 2 is 1.75 bits per heavy atom. The number of piperazine rings is 1.